The molecule has 2 aromatic rings. The normalized spacial score (nSPS) is 15.3. The molecule has 0 aliphatic heterocycles. The maximum atomic E-state index is 13.6. The highest BCUT2D eigenvalue weighted by molar-refractivity contribution is 7.99. The van der Waals surface area contributed by atoms with E-state index < -0.39 is 0 Å². The van der Waals surface area contributed by atoms with Crippen LogP contribution in [0.5, 0.6) is 0 Å². The Balaban J connectivity index is 2.07. The molecular formula is C17H20FNOS. The first-order chi connectivity index (χ1) is 10.2. The highest BCUT2D eigenvalue weighted by Gasteiger charge is 2.20. The summed E-state index contributed by atoms with van der Waals surface area (Å²) in [4.78, 5) is 16.2. The maximum absolute atomic E-state index is 13.6. The first kappa shape index (κ1) is 14.6. The van der Waals surface area contributed by atoms with E-state index in [1.165, 1.54) is 25.3 Å². The van der Waals surface area contributed by atoms with Crippen LogP contribution in [0.25, 0.3) is 10.9 Å². The fraction of sp³-hybridized carbons (Fsp3) is 0.471. The Morgan fingerprint density at radius 2 is 2.19 bits per heavy atom. The van der Waals surface area contributed by atoms with Gasteiger partial charge in [0.2, 0.25) is 0 Å². The second-order valence-electron chi connectivity index (χ2n) is 5.81. The molecule has 1 saturated carbocycles. The summed E-state index contributed by atoms with van der Waals surface area (Å²) in [7, 11) is 0. The third-order valence-corrected chi connectivity index (χ3v) is 5.60. The molecule has 3 rings (SSSR count). The van der Waals surface area contributed by atoms with Crippen molar-refractivity contribution in [2.45, 2.75) is 43.9 Å². The summed E-state index contributed by atoms with van der Waals surface area (Å²) in [5.74, 6) is 1.54. The van der Waals surface area contributed by atoms with Crippen LogP contribution in [0.3, 0.4) is 0 Å². The zero-order valence-electron chi connectivity index (χ0n) is 12.2. The molecular weight excluding hydrogens is 285 g/mol. The third kappa shape index (κ3) is 3.00. The second-order valence-corrected chi connectivity index (χ2v) is 6.84. The predicted molar refractivity (Wildman–Crippen MR) is 86.6 cm³/mol. The van der Waals surface area contributed by atoms with Crippen molar-refractivity contribution in [1.29, 1.82) is 0 Å². The molecule has 1 aliphatic carbocycles. The Kier molecular flexibility index (Phi) is 4.34. The van der Waals surface area contributed by atoms with Crippen LogP contribution >= 0.6 is 11.8 Å². The van der Waals surface area contributed by atoms with E-state index >= 15 is 0 Å². The van der Waals surface area contributed by atoms with Gasteiger partial charge in [0.1, 0.15) is 5.82 Å². The van der Waals surface area contributed by atoms with Crippen LogP contribution in [0.4, 0.5) is 4.39 Å². The van der Waals surface area contributed by atoms with Gasteiger partial charge in [-0.3, -0.25) is 4.79 Å². The lowest BCUT2D eigenvalue weighted by Gasteiger charge is -2.25. The van der Waals surface area contributed by atoms with E-state index in [2.05, 4.69) is 11.9 Å². The van der Waals surface area contributed by atoms with E-state index in [4.69, 9.17) is 0 Å². The minimum atomic E-state index is -0.248. The van der Waals surface area contributed by atoms with Crippen LogP contribution in [-0.2, 0) is 6.42 Å². The van der Waals surface area contributed by atoms with Gasteiger partial charge in [0, 0.05) is 27.1 Å². The average molecular weight is 305 g/mol. The minimum Gasteiger partial charge on any atom is -0.322 e. The Labute approximate surface area is 128 Å². The van der Waals surface area contributed by atoms with Crippen molar-refractivity contribution >= 4 is 22.7 Å². The van der Waals surface area contributed by atoms with Gasteiger partial charge < -0.3 is 4.98 Å². The van der Waals surface area contributed by atoms with Gasteiger partial charge in [-0.25, -0.2) is 4.39 Å². The van der Waals surface area contributed by atoms with Crippen LogP contribution in [0.1, 0.15) is 38.2 Å². The second kappa shape index (κ2) is 6.22. The first-order valence-corrected chi connectivity index (χ1v) is 8.64. The molecule has 112 valence electrons. The number of hydrogen-bond acceptors (Lipinski definition) is 2. The molecule has 21 heavy (non-hydrogen) atoms. The van der Waals surface area contributed by atoms with Crippen LogP contribution in [0.15, 0.2) is 27.9 Å². The maximum Gasteiger partial charge on any atom is 0.252 e. The van der Waals surface area contributed by atoms with Gasteiger partial charge in [-0.1, -0.05) is 19.8 Å². The summed E-state index contributed by atoms with van der Waals surface area (Å²) in [5.41, 5.74) is 1.53. The molecule has 0 unspecified atom stereocenters. The van der Waals surface area contributed by atoms with Gasteiger partial charge in [0.15, 0.2) is 0 Å². The number of H-pyrrole nitrogens is 1. The zero-order valence-corrected chi connectivity index (χ0v) is 13.1. The van der Waals surface area contributed by atoms with Gasteiger partial charge in [-0.05, 0) is 43.4 Å². The SMILES string of the molecule is CCCc1c(SCC2CCC2)c2cc(F)ccc2[nH]c1=O. The fourth-order valence-electron chi connectivity index (χ4n) is 2.78. The van der Waals surface area contributed by atoms with Crippen molar-refractivity contribution in [3.05, 3.63) is 39.9 Å². The summed E-state index contributed by atoms with van der Waals surface area (Å²) >= 11 is 1.74. The van der Waals surface area contributed by atoms with Crippen molar-refractivity contribution in [1.82, 2.24) is 4.98 Å². The molecule has 0 saturated heterocycles. The summed E-state index contributed by atoms with van der Waals surface area (Å²) in [6, 6.07) is 4.61. The largest absolute Gasteiger partial charge is 0.322 e. The average Bonchev–Trinajstić information content (AvgIpc) is 2.41. The Hall–Kier alpha value is -1.29. The van der Waals surface area contributed by atoms with Crippen LogP contribution in [0.2, 0.25) is 0 Å². The van der Waals surface area contributed by atoms with Crippen molar-refractivity contribution in [2.75, 3.05) is 5.75 Å². The number of benzene rings is 1. The lowest BCUT2D eigenvalue weighted by molar-refractivity contribution is 0.353. The van der Waals surface area contributed by atoms with Gasteiger partial charge in [-0.15, -0.1) is 11.8 Å². The van der Waals surface area contributed by atoms with E-state index in [1.54, 1.807) is 23.9 Å². The summed E-state index contributed by atoms with van der Waals surface area (Å²) in [6.07, 6.45) is 5.55. The number of thioether (sulfide) groups is 1. The number of pyridine rings is 1. The van der Waals surface area contributed by atoms with Gasteiger partial charge in [0.05, 0.1) is 0 Å². The molecule has 1 aliphatic rings. The molecule has 0 amide bonds. The van der Waals surface area contributed by atoms with E-state index in [0.717, 1.165) is 45.9 Å². The molecule has 1 N–H and O–H groups in total. The molecule has 0 radical (unpaired) electrons. The van der Waals surface area contributed by atoms with Crippen LogP contribution < -0.4 is 5.56 Å². The standard InChI is InChI=1S/C17H20FNOS/c1-2-4-13-16(21-10-11-5-3-6-11)14-9-12(18)7-8-15(14)19-17(13)20/h7-9,11H,2-6,10H2,1H3,(H,19,20). The highest BCUT2D eigenvalue weighted by atomic mass is 32.2. The summed E-state index contributed by atoms with van der Waals surface area (Å²) < 4.78 is 13.6. The molecule has 4 heteroatoms. The highest BCUT2D eigenvalue weighted by Crippen LogP contribution is 2.36. The number of rotatable bonds is 5. The topological polar surface area (TPSA) is 32.9 Å². The van der Waals surface area contributed by atoms with Gasteiger partial charge >= 0.3 is 0 Å². The van der Waals surface area contributed by atoms with E-state index in [0.29, 0.717) is 0 Å². The number of halogens is 1. The smallest absolute Gasteiger partial charge is 0.252 e. The van der Waals surface area contributed by atoms with E-state index in [1.807, 2.05) is 0 Å². The monoisotopic (exact) mass is 305 g/mol. The number of fused-ring (bicyclic) bond motifs is 1. The zero-order chi connectivity index (χ0) is 14.8. The van der Waals surface area contributed by atoms with Crippen molar-refractivity contribution in [2.24, 2.45) is 5.92 Å². The quantitative estimate of drug-likeness (QED) is 0.824. The van der Waals surface area contributed by atoms with Crippen molar-refractivity contribution < 1.29 is 4.39 Å². The van der Waals surface area contributed by atoms with Crippen molar-refractivity contribution in [3.63, 3.8) is 0 Å². The Morgan fingerprint density at radius 1 is 1.38 bits per heavy atom. The molecule has 2 nitrogen and oxygen atoms in total. The minimum absolute atomic E-state index is 0.0212. The molecule has 0 spiro atoms. The van der Waals surface area contributed by atoms with Gasteiger partial charge in [-0.2, -0.15) is 0 Å². The molecule has 0 bridgehead atoms. The number of hydrogen-bond donors (Lipinski definition) is 1. The summed E-state index contributed by atoms with van der Waals surface area (Å²) in [6.45, 7) is 2.07. The summed E-state index contributed by atoms with van der Waals surface area (Å²) in [5, 5.41) is 0.849. The molecule has 0 atom stereocenters. The van der Waals surface area contributed by atoms with Gasteiger partial charge in [0.25, 0.3) is 5.56 Å². The van der Waals surface area contributed by atoms with Crippen LogP contribution in [-0.4, -0.2) is 10.7 Å². The number of nitrogens with one attached hydrogen (secondary N) is 1. The van der Waals surface area contributed by atoms with Crippen molar-refractivity contribution in [3.8, 4) is 0 Å². The molecule has 1 fully saturated rings. The molecule has 1 aromatic carbocycles. The third-order valence-electron chi connectivity index (χ3n) is 4.21. The number of aromatic nitrogens is 1. The molecule has 1 heterocycles. The lowest BCUT2D eigenvalue weighted by atomic mass is 9.87. The predicted octanol–water partition coefficient (Wildman–Crippen LogP) is 4.51. The fourth-order valence-corrected chi connectivity index (χ4v) is 4.21. The van der Waals surface area contributed by atoms with E-state index in [-0.39, 0.29) is 11.4 Å². The van der Waals surface area contributed by atoms with E-state index in [9.17, 15) is 9.18 Å². The lowest BCUT2D eigenvalue weighted by Crippen LogP contribution is -2.17. The first-order valence-electron chi connectivity index (χ1n) is 7.66. The Bertz CT molecular complexity index is 706. The number of aromatic amines is 1. The Morgan fingerprint density at radius 3 is 2.86 bits per heavy atom. The molecule has 1 aromatic heterocycles. The van der Waals surface area contributed by atoms with Crippen LogP contribution in [0, 0.1) is 11.7 Å².